The van der Waals surface area contributed by atoms with Crippen LogP contribution in [0.5, 0.6) is 0 Å². The monoisotopic (exact) mass is 395 g/mol. The van der Waals surface area contributed by atoms with E-state index in [1.54, 1.807) is 18.2 Å². The summed E-state index contributed by atoms with van der Waals surface area (Å²) in [5.41, 5.74) is 0.493. The summed E-state index contributed by atoms with van der Waals surface area (Å²) >= 11 is 13.4. The first-order valence-corrected chi connectivity index (χ1v) is 9.15. The van der Waals surface area contributed by atoms with Gasteiger partial charge < -0.3 is 0 Å². The van der Waals surface area contributed by atoms with Crippen molar-refractivity contribution < 1.29 is 14.0 Å². The van der Waals surface area contributed by atoms with Gasteiger partial charge in [-0.15, -0.1) is 11.8 Å². The second-order valence-corrected chi connectivity index (χ2v) is 7.28. The third-order valence-electron chi connectivity index (χ3n) is 3.62. The van der Waals surface area contributed by atoms with E-state index in [2.05, 4.69) is 0 Å². The molecule has 25 heavy (non-hydrogen) atoms. The Kier molecular flexibility index (Phi) is 5.18. The minimum atomic E-state index is -0.645. The van der Waals surface area contributed by atoms with E-state index in [0.717, 1.165) is 4.90 Å². The van der Waals surface area contributed by atoms with Crippen molar-refractivity contribution in [1.82, 2.24) is 0 Å². The number of carbonyl (C=O) groups excluding carboxylic acids is 2. The second-order valence-electron chi connectivity index (χ2n) is 5.16. The van der Waals surface area contributed by atoms with E-state index < -0.39 is 17.6 Å². The summed E-state index contributed by atoms with van der Waals surface area (Å²) in [5, 5.41) is 0.676. The van der Waals surface area contributed by atoms with Crippen LogP contribution in [-0.4, -0.2) is 17.6 Å². The van der Waals surface area contributed by atoms with Crippen molar-refractivity contribution in [1.29, 1.82) is 0 Å². The fourth-order valence-electron chi connectivity index (χ4n) is 2.57. The van der Waals surface area contributed by atoms with Crippen LogP contribution in [0.3, 0.4) is 0 Å². The first-order valence-electron chi connectivity index (χ1n) is 7.41. The van der Waals surface area contributed by atoms with Crippen molar-refractivity contribution in [2.75, 3.05) is 10.7 Å². The quantitative estimate of drug-likeness (QED) is 0.670. The van der Waals surface area contributed by atoms with Gasteiger partial charge in [0.25, 0.3) is 11.8 Å². The van der Waals surface area contributed by atoms with Crippen molar-refractivity contribution in [2.45, 2.75) is 6.92 Å². The van der Waals surface area contributed by atoms with E-state index in [9.17, 15) is 14.0 Å². The Bertz CT molecular complexity index is 914. The van der Waals surface area contributed by atoms with Crippen LogP contribution >= 0.6 is 35.0 Å². The molecule has 1 aliphatic heterocycles. The molecule has 0 saturated heterocycles. The van der Waals surface area contributed by atoms with E-state index in [0.29, 0.717) is 16.3 Å². The Morgan fingerprint density at radius 1 is 1.08 bits per heavy atom. The molecule has 0 bridgehead atoms. The third-order valence-corrected chi connectivity index (χ3v) is 5.13. The molecule has 0 spiro atoms. The molecule has 0 aliphatic carbocycles. The van der Waals surface area contributed by atoms with Crippen LogP contribution in [0.4, 0.5) is 10.1 Å². The van der Waals surface area contributed by atoms with Gasteiger partial charge in [-0.25, -0.2) is 9.29 Å². The number of hydrogen-bond acceptors (Lipinski definition) is 3. The number of anilines is 1. The molecule has 0 fully saturated rings. The number of carbonyl (C=O) groups is 2. The maximum atomic E-state index is 14.1. The molecule has 7 heteroatoms. The fraction of sp³-hybridized carbons (Fsp3) is 0.111. The van der Waals surface area contributed by atoms with E-state index in [-0.39, 0.29) is 21.2 Å². The number of para-hydroxylation sites is 1. The molecule has 0 saturated carbocycles. The first kappa shape index (κ1) is 18.0. The van der Waals surface area contributed by atoms with Gasteiger partial charge in [-0.1, -0.05) is 48.3 Å². The zero-order chi connectivity index (χ0) is 18.1. The van der Waals surface area contributed by atoms with Crippen LogP contribution in [0.25, 0.3) is 5.57 Å². The molecular formula is C18H12Cl2FNO2S. The average molecular weight is 396 g/mol. The fourth-order valence-corrected chi connectivity index (χ4v) is 3.92. The van der Waals surface area contributed by atoms with E-state index in [1.165, 1.54) is 36.0 Å². The highest BCUT2D eigenvalue weighted by atomic mass is 35.5. The van der Waals surface area contributed by atoms with Crippen LogP contribution in [0, 0.1) is 5.82 Å². The van der Waals surface area contributed by atoms with Gasteiger partial charge in [0.1, 0.15) is 5.82 Å². The third kappa shape index (κ3) is 3.19. The lowest BCUT2D eigenvalue weighted by molar-refractivity contribution is -0.119. The molecule has 0 unspecified atom stereocenters. The van der Waals surface area contributed by atoms with Crippen LogP contribution in [0.15, 0.2) is 47.4 Å². The van der Waals surface area contributed by atoms with Gasteiger partial charge in [0, 0.05) is 10.6 Å². The van der Waals surface area contributed by atoms with Crippen molar-refractivity contribution in [3.05, 3.63) is 68.8 Å². The van der Waals surface area contributed by atoms with Crippen LogP contribution in [-0.2, 0) is 9.59 Å². The average Bonchev–Trinajstić information content (AvgIpc) is 2.80. The van der Waals surface area contributed by atoms with Crippen molar-refractivity contribution in [3.8, 4) is 0 Å². The number of imide groups is 1. The molecule has 0 radical (unpaired) electrons. The number of halogens is 3. The lowest BCUT2D eigenvalue weighted by atomic mass is 10.1. The molecule has 3 rings (SSSR count). The van der Waals surface area contributed by atoms with Gasteiger partial charge in [0.05, 0.1) is 21.2 Å². The van der Waals surface area contributed by atoms with Crippen molar-refractivity contribution in [2.24, 2.45) is 0 Å². The summed E-state index contributed by atoms with van der Waals surface area (Å²) < 4.78 is 14.1. The molecule has 2 aromatic rings. The molecule has 128 valence electrons. The van der Waals surface area contributed by atoms with E-state index >= 15 is 0 Å². The normalized spacial score (nSPS) is 14.6. The lowest BCUT2D eigenvalue weighted by Gasteiger charge is -2.16. The lowest BCUT2D eigenvalue weighted by Crippen LogP contribution is -2.32. The minimum absolute atomic E-state index is 0.0770. The Balaban J connectivity index is 2.16. The molecule has 3 nitrogen and oxygen atoms in total. The zero-order valence-corrected chi connectivity index (χ0v) is 15.4. The second kappa shape index (κ2) is 7.20. The molecule has 0 atom stereocenters. The number of hydrogen-bond donors (Lipinski definition) is 0. The Morgan fingerprint density at radius 2 is 1.80 bits per heavy atom. The minimum Gasteiger partial charge on any atom is -0.268 e. The Hall–Kier alpha value is -1.82. The van der Waals surface area contributed by atoms with Crippen LogP contribution < -0.4 is 4.90 Å². The van der Waals surface area contributed by atoms with E-state index in [1.807, 2.05) is 6.92 Å². The molecule has 2 amide bonds. The maximum absolute atomic E-state index is 14.1. The highest BCUT2D eigenvalue weighted by molar-refractivity contribution is 8.04. The van der Waals surface area contributed by atoms with E-state index in [4.69, 9.17) is 23.2 Å². The summed E-state index contributed by atoms with van der Waals surface area (Å²) in [7, 11) is 0. The van der Waals surface area contributed by atoms with Gasteiger partial charge in [-0.3, -0.25) is 9.59 Å². The smallest absolute Gasteiger partial charge is 0.268 e. The number of nitrogens with zero attached hydrogens (tertiary/aromatic N) is 1. The molecule has 2 aromatic carbocycles. The zero-order valence-electron chi connectivity index (χ0n) is 13.1. The first-order chi connectivity index (χ1) is 12.0. The molecule has 1 heterocycles. The summed E-state index contributed by atoms with van der Waals surface area (Å²) in [4.78, 5) is 26.9. The van der Waals surface area contributed by atoms with Gasteiger partial charge in [0.2, 0.25) is 0 Å². The number of thioether (sulfide) groups is 1. The summed E-state index contributed by atoms with van der Waals surface area (Å²) in [6.07, 6.45) is 0. The highest BCUT2D eigenvalue weighted by Gasteiger charge is 2.41. The van der Waals surface area contributed by atoms with Gasteiger partial charge in [-0.05, 0) is 30.0 Å². The molecule has 0 aromatic heterocycles. The summed E-state index contributed by atoms with van der Waals surface area (Å²) in [6.45, 7) is 1.86. The molecule has 1 aliphatic rings. The maximum Gasteiger partial charge on any atom is 0.272 e. The molecule has 0 N–H and O–H groups in total. The summed E-state index contributed by atoms with van der Waals surface area (Å²) in [5.74, 6) is -1.22. The van der Waals surface area contributed by atoms with Gasteiger partial charge in [0.15, 0.2) is 0 Å². The largest absolute Gasteiger partial charge is 0.272 e. The van der Waals surface area contributed by atoms with Gasteiger partial charge >= 0.3 is 0 Å². The van der Waals surface area contributed by atoms with Crippen molar-refractivity contribution in [3.63, 3.8) is 0 Å². The SMILES string of the molecule is CCSC1=C(c2ccc(Cl)cc2Cl)C(=O)N(c2ccccc2F)C1=O. The standard InChI is InChI=1S/C18H12Cl2FNO2S/c1-2-25-16-15(11-8-7-10(19)9-12(11)20)17(23)22(18(16)24)14-6-4-3-5-13(14)21/h3-9H,2H2,1H3. The predicted octanol–water partition coefficient (Wildman–Crippen LogP) is 5.17. The van der Waals surface area contributed by atoms with Crippen LogP contribution in [0.2, 0.25) is 10.0 Å². The predicted molar refractivity (Wildman–Crippen MR) is 100 cm³/mol. The Morgan fingerprint density at radius 3 is 2.44 bits per heavy atom. The molecular weight excluding hydrogens is 384 g/mol. The summed E-state index contributed by atoms with van der Waals surface area (Å²) in [6, 6.07) is 10.3. The topological polar surface area (TPSA) is 37.4 Å². The van der Waals surface area contributed by atoms with Crippen molar-refractivity contribution >= 4 is 58.0 Å². The van der Waals surface area contributed by atoms with Crippen LogP contribution in [0.1, 0.15) is 12.5 Å². The highest BCUT2D eigenvalue weighted by Crippen LogP contribution is 2.41. The van der Waals surface area contributed by atoms with Gasteiger partial charge in [-0.2, -0.15) is 0 Å². The number of benzene rings is 2. The number of amides is 2. The Labute approximate surface area is 158 Å². The number of rotatable bonds is 4.